The van der Waals surface area contributed by atoms with Gasteiger partial charge in [0.15, 0.2) is 0 Å². The van der Waals surface area contributed by atoms with Gasteiger partial charge in [0.1, 0.15) is 17.3 Å². The van der Waals surface area contributed by atoms with Gasteiger partial charge in [-0.25, -0.2) is 4.79 Å². The summed E-state index contributed by atoms with van der Waals surface area (Å²) in [4.78, 5) is 26.6. The molecule has 1 aliphatic rings. The zero-order valence-corrected chi connectivity index (χ0v) is 13.3. The number of aryl methyl sites for hydroxylation is 1. The van der Waals surface area contributed by atoms with Crippen LogP contribution in [-0.2, 0) is 16.1 Å². The average molecular weight is 292 g/mol. The number of aromatic nitrogens is 1. The maximum absolute atomic E-state index is 12.7. The molecule has 1 amide bonds. The first-order valence-corrected chi connectivity index (χ1v) is 7.52. The maximum Gasteiger partial charge on any atom is 0.329 e. The van der Waals surface area contributed by atoms with E-state index in [0.29, 0.717) is 18.7 Å². The normalized spacial score (nSPS) is 18.9. The van der Waals surface area contributed by atoms with Crippen molar-refractivity contribution in [2.24, 2.45) is 0 Å². The van der Waals surface area contributed by atoms with Gasteiger partial charge in [0.25, 0.3) is 5.91 Å². The number of ether oxygens (including phenoxy) is 1. The van der Waals surface area contributed by atoms with Crippen LogP contribution >= 0.6 is 0 Å². The topological polar surface area (TPSA) is 51.5 Å². The molecule has 1 saturated heterocycles. The third kappa shape index (κ3) is 3.46. The molecule has 116 valence electrons. The summed E-state index contributed by atoms with van der Waals surface area (Å²) < 4.78 is 7.33. The Morgan fingerprint density at radius 1 is 1.38 bits per heavy atom. The molecule has 0 bridgehead atoms. The molecule has 1 aliphatic heterocycles. The Morgan fingerprint density at radius 2 is 2.10 bits per heavy atom. The number of hydrogen-bond acceptors (Lipinski definition) is 3. The van der Waals surface area contributed by atoms with Gasteiger partial charge >= 0.3 is 5.97 Å². The Hall–Kier alpha value is -1.78. The van der Waals surface area contributed by atoms with Crippen LogP contribution in [0.15, 0.2) is 18.3 Å². The van der Waals surface area contributed by atoms with Crippen molar-refractivity contribution >= 4 is 11.9 Å². The van der Waals surface area contributed by atoms with Crippen molar-refractivity contribution in [2.45, 2.75) is 58.7 Å². The first-order chi connectivity index (χ1) is 9.83. The van der Waals surface area contributed by atoms with E-state index in [-0.39, 0.29) is 11.9 Å². The zero-order chi connectivity index (χ0) is 15.6. The fraction of sp³-hybridized carbons (Fsp3) is 0.625. The SMILES string of the molecule is CCn1cccc1C(=O)N1CCC[C@@H]1C(=O)OC(C)(C)C. The van der Waals surface area contributed by atoms with E-state index in [2.05, 4.69) is 0 Å². The van der Waals surface area contributed by atoms with Gasteiger partial charge < -0.3 is 14.2 Å². The van der Waals surface area contributed by atoms with E-state index in [1.54, 1.807) is 11.0 Å². The molecule has 5 heteroatoms. The Morgan fingerprint density at radius 3 is 2.71 bits per heavy atom. The van der Waals surface area contributed by atoms with Gasteiger partial charge in [-0.2, -0.15) is 0 Å². The molecule has 1 atom stereocenters. The summed E-state index contributed by atoms with van der Waals surface area (Å²) in [6, 6.07) is 3.20. The highest BCUT2D eigenvalue weighted by Crippen LogP contribution is 2.23. The second-order valence-corrected chi connectivity index (χ2v) is 6.37. The number of likely N-dealkylation sites (tertiary alicyclic amines) is 1. The molecule has 2 heterocycles. The summed E-state index contributed by atoms with van der Waals surface area (Å²) >= 11 is 0. The number of esters is 1. The minimum atomic E-state index is -0.530. The number of amides is 1. The summed E-state index contributed by atoms with van der Waals surface area (Å²) in [6.45, 7) is 8.86. The molecule has 1 fully saturated rings. The van der Waals surface area contributed by atoms with Gasteiger partial charge in [0, 0.05) is 19.3 Å². The van der Waals surface area contributed by atoms with Crippen molar-refractivity contribution in [1.29, 1.82) is 0 Å². The van der Waals surface area contributed by atoms with E-state index in [1.807, 2.05) is 44.5 Å². The Bertz CT molecular complexity index is 528. The first kappa shape index (κ1) is 15.6. The summed E-state index contributed by atoms with van der Waals surface area (Å²) in [7, 11) is 0. The average Bonchev–Trinajstić information content (AvgIpc) is 3.04. The molecular formula is C16H24N2O3. The highest BCUT2D eigenvalue weighted by atomic mass is 16.6. The summed E-state index contributed by atoms with van der Waals surface area (Å²) in [5.41, 5.74) is 0.103. The second-order valence-electron chi connectivity index (χ2n) is 6.37. The van der Waals surface area contributed by atoms with Gasteiger partial charge in [-0.1, -0.05) is 0 Å². The van der Waals surface area contributed by atoms with Crippen molar-refractivity contribution in [1.82, 2.24) is 9.47 Å². The predicted octanol–water partition coefficient (Wildman–Crippen LogP) is 2.45. The number of nitrogens with zero attached hydrogens (tertiary/aromatic N) is 2. The molecule has 0 spiro atoms. The molecule has 21 heavy (non-hydrogen) atoms. The lowest BCUT2D eigenvalue weighted by Crippen LogP contribution is -2.44. The van der Waals surface area contributed by atoms with E-state index >= 15 is 0 Å². The molecule has 0 N–H and O–H groups in total. The van der Waals surface area contributed by atoms with Crippen LogP contribution in [0.4, 0.5) is 0 Å². The largest absolute Gasteiger partial charge is 0.458 e. The molecule has 0 unspecified atom stereocenters. The number of carbonyl (C=O) groups is 2. The Kier molecular flexibility index (Phi) is 4.40. The van der Waals surface area contributed by atoms with Crippen molar-refractivity contribution in [2.75, 3.05) is 6.54 Å². The quantitative estimate of drug-likeness (QED) is 0.804. The van der Waals surface area contributed by atoms with Crippen molar-refractivity contribution in [3.05, 3.63) is 24.0 Å². The molecule has 0 saturated carbocycles. The molecule has 1 aromatic rings. The van der Waals surface area contributed by atoms with Gasteiger partial charge in [0.2, 0.25) is 0 Å². The highest BCUT2D eigenvalue weighted by Gasteiger charge is 2.37. The van der Waals surface area contributed by atoms with Crippen molar-refractivity contribution in [3.63, 3.8) is 0 Å². The van der Waals surface area contributed by atoms with Crippen LogP contribution in [0, 0.1) is 0 Å². The summed E-state index contributed by atoms with van der Waals surface area (Å²) in [5, 5.41) is 0. The van der Waals surface area contributed by atoms with Crippen LogP contribution in [0.1, 0.15) is 51.0 Å². The van der Waals surface area contributed by atoms with E-state index in [0.717, 1.165) is 13.0 Å². The van der Waals surface area contributed by atoms with Crippen LogP contribution in [0.25, 0.3) is 0 Å². The Labute approximate surface area is 125 Å². The Balaban J connectivity index is 2.15. The third-order valence-corrected chi connectivity index (χ3v) is 3.58. The van der Waals surface area contributed by atoms with Crippen molar-refractivity contribution < 1.29 is 14.3 Å². The molecule has 2 rings (SSSR count). The lowest BCUT2D eigenvalue weighted by Gasteiger charge is -2.27. The van der Waals surface area contributed by atoms with Crippen LogP contribution in [-0.4, -0.2) is 39.5 Å². The van der Waals surface area contributed by atoms with Gasteiger partial charge in [0.05, 0.1) is 0 Å². The van der Waals surface area contributed by atoms with E-state index < -0.39 is 11.6 Å². The molecular weight excluding hydrogens is 268 g/mol. The number of hydrogen-bond donors (Lipinski definition) is 0. The minimum Gasteiger partial charge on any atom is -0.458 e. The maximum atomic E-state index is 12.7. The monoisotopic (exact) mass is 292 g/mol. The number of rotatable bonds is 3. The summed E-state index contributed by atoms with van der Waals surface area (Å²) in [6.07, 6.45) is 3.39. The van der Waals surface area contributed by atoms with E-state index in [1.165, 1.54) is 0 Å². The minimum absolute atomic E-state index is 0.0878. The van der Waals surface area contributed by atoms with Crippen LogP contribution < -0.4 is 0 Å². The molecule has 0 radical (unpaired) electrons. The first-order valence-electron chi connectivity index (χ1n) is 7.52. The third-order valence-electron chi connectivity index (χ3n) is 3.58. The molecule has 0 aliphatic carbocycles. The highest BCUT2D eigenvalue weighted by molar-refractivity contribution is 5.96. The molecule has 1 aromatic heterocycles. The molecule has 5 nitrogen and oxygen atoms in total. The predicted molar refractivity (Wildman–Crippen MR) is 80.0 cm³/mol. The van der Waals surface area contributed by atoms with E-state index in [9.17, 15) is 9.59 Å². The second kappa shape index (κ2) is 5.92. The van der Waals surface area contributed by atoms with Crippen LogP contribution in [0.5, 0.6) is 0 Å². The molecule has 0 aromatic carbocycles. The van der Waals surface area contributed by atoms with Crippen LogP contribution in [0.3, 0.4) is 0 Å². The standard InChI is InChI=1S/C16H24N2O3/c1-5-17-10-6-8-12(17)14(19)18-11-7-9-13(18)15(20)21-16(2,3)4/h6,8,10,13H,5,7,9,11H2,1-4H3/t13-/m1/s1. The fourth-order valence-electron chi connectivity index (χ4n) is 2.66. The van der Waals surface area contributed by atoms with Gasteiger partial charge in [-0.05, 0) is 52.7 Å². The van der Waals surface area contributed by atoms with Gasteiger partial charge in [-0.3, -0.25) is 4.79 Å². The number of carbonyl (C=O) groups excluding carboxylic acids is 2. The van der Waals surface area contributed by atoms with E-state index in [4.69, 9.17) is 4.74 Å². The van der Waals surface area contributed by atoms with Crippen LogP contribution in [0.2, 0.25) is 0 Å². The van der Waals surface area contributed by atoms with Gasteiger partial charge in [-0.15, -0.1) is 0 Å². The lowest BCUT2D eigenvalue weighted by molar-refractivity contribution is -0.159. The zero-order valence-electron chi connectivity index (χ0n) is 13.3. The summed E-state index contributed by atoms with van der Waals surface area (Å²) in [5.74, 6) is -0.391. The lowest BCUT2D eigenvalue weighted by atomic mass is 10.1. The fourth-order valence-corrected chi connectivity index (χ4v) is 2.66. The smallest absolute Gasteiger partial charge is 0.329 e. The van der Waals surface area contributed by atoms with Crippen molar-refractivity contribution in [3.8, 4) is 0 Å².